The maximum Gasteiger partial charge on any atom is 0.239 e. The molecule has 3 rings (SSSR count). The summed E-state index contributed by atoms with van der Waals surface area (Å²) in [4.78, 5) is 16.9. The molecule has 2 unspecified atom stereocenters. The lowest BCUT2D eigenvalue weighted by Gasteiger charge is -2.44. The first-order chi connectivity index (χ1) is 8.74. The van der Waals surface area contributed by atoms with E-state index in [9.17, 15) is 4.79 Å². The number of carbonyl (C=O) groups excluding carboxylic acids is 1. The molecule has 4 heteroatoms. The number of hydrogen-bond donors (Lipinski definition) is 1. The average Bonchev–Trinajstić information content (AvgIpc) is 3.21. The third kappa shape index (κ3) is 2.69. The minimum atomic E-state index is -0.243. The number of piperidine rings is 1. The number of hydrogen-bond acceptors (Lipinski definition) is 3. The SMILES string of the molecule is NC(CC1CC1)C(=O)N1CCN2CCCCC2C1. The first kappa shape index (κ1) is 12.4. The molecule has 1 aliphatic carbocycles. The Kier molecular flexibility index (Phi) is 3.57. The van der Waals surface area contributed by atoms with Gasteiger partial charge in [0.05, 0.1) is 6.04 Å². The van der Waals surface area contributed by atoms with Gasteiger partial charge in [0.1, 0.15) is 0 Å². The van der Waals surface area contributed by atoms with Crippen molar-refractivity contribution in [1.29, 1.82) is 0 Å². The Morgan fingerprint density at radius 1 is 1.17 bits per heavy atom. The first-order valence-corrected chi connectivity index (χ1v) is 7.52. The van der Waals surface area contributed by atoms with Gasteiger partial charge in [-0.05, 0) is 31.7 Å². The highest BCUT2D eigenvalue weighted by molar-refractivity contribution is 5.81. The van der Waals surface area contributed by atoms with Crippen LogP contribution < -0.4 is 5.73 Å². The molecule has 0 spiro atoms. The number of amides is 1. The quantitative estimate of drug-likeness (QED) is 0.807. The summed E-state index contributed by atoms with van der Waals surface area (Å²) in [5, 5.41) is 0. The summed E-state index contributed by atoms with van der Waals surface area (Å²) < 4.78 is 0. The van der Waals surface area contributed by atoms with E-state index >= 15 is 0 Å². The van der Waals surface area contributed by atoms with Crippen molar-refractivity contribution in [3.05, 3.63) is 0 Å². The van der Waals surface area contributed by atoms with Crippen LogP contribution in [0.3, 0.4) is 0 Å². The van der Waals surface area contributed by atoms with E-state index in [0.29, 0.717) is 6.04 Å². The summed E-state index contributed by atoms with van der Waals surface area (Å²) in [5.41, 5.74) is 6.05. The molecular formula is C14H25N3O. The van der Waals surface area contributed by atoms with Gasteiger partial charge < -0.3 is 10.6 Å². The van der Waals surface area contributed by atoms with Gasteiger partial charge in [-0.15, -0.1) is 0 Å². The van der Waals surface area contributed by atoms with Gasteiger partial charge in [-0.25, -0.2) is 0 Å². The molecule has 2 aliphatic heterocycles. The van der Waals surface area contributed by atoms with Gasteiger partial charge in [0.15, 0.2) is 0 Å². The molecule has 2 heterocycles. The van der Waals surface area contributed by atoms with Crippen LogP contribution in [0, 0.1) is 5.92 Å². The van der Waals surface area contributed by atoms with Gasteiger partial charge in [-0.1, -0.05) is 19.3 Å². The maximum absolute atomic E-state index is 12.3. The largest absolute Gasteiger partial charge is 0.338 e. The molecule has 0 bridgehead atoms. The second-order valence-electron chi connectivity index (χ2n) is 6.26. The van der Waals surface area contributed by atoms with Crippen LogP contribution in [0.2, 0.25) is 0 Å². The van der Waals surface area contributed by atoms with Crippen molar-refractivity contribution in [1.82, 2.24) is 9.80 Å². The lowest BCUT2D eigenvalue weighted by atomic mass is 9.99. The molecular weight excluding hydrogens is 226 g/mol. The Balaban J connectivity index is 1.53. The van der Waals surface area contributed by atoms with Crippen molar-refractivity contribution >= 4 is 5.91 Å². The van der Waals surface area contributed by atoms with Gasteiger partial charge in [-0.3, -0.25) is 9.69 Å². The second kappa shape index (κ2) is 5.17. The third-order valence-corrected chi connectivity index (χ3v) is 4.75. The maximum atomic E-state index is 12.3. The van der Waals surface area contributed by atoms with E-state index < -0.39 is 0 Å². The molecule has 0 aromatic carbocycles. The second-order valence-corrected chi connectivity index (χ2v) is 6.26. The molecule has 0 aromatic heterocycles. The van der Waals surface area contributed by atoms with Crippen LogP contribution in [0.15, 0.2) is 0 Å². The lowest BCUT2D eigenvalue weighted by Crippen LogP contribution is -2.58. The number of rotatable bonds is 3. The summed E-state index contributed by atoms with van der Waals surface area (Å²) in [6, 6.07) is 0.359. The summed E-state index contributed by atoms with van der Waals surface area (Å²) in [6.07, 6.45) is 7.35. The Morgan fingerprint density at radius 2 is 2.00 bits per heavy atom. The fraction of sp³-hybridized carbons (Fsp3) is 0.929. The molecule has 0 radical (unpaired) electrons. The Morgan fingerprint density at radius 3 is 2.78 bits per heavy atom. The third-order valence-electron chi connectivity index (χ3n) is 4.75. The van der Waals surface area contributed by atoms with Crippen molar-refractivity contribution in [2.24, 2.45) is 11.7 Å². The number of nitrogens with zero attached hydrogens (tertiary/aromatic N) is 2. The molecule has 2 N–H and O–H groups in total. The monoisotopic (exact) mass is 251 g/mol. The highest BCUT2D eigenvalue weighted by atomic mass is 16.2. The van der Waals surface area contributed by atoms with Crippen molar-refractivity contribution in [3.63, 3.8) is 0 Å². The molecule has 3 fully saturated rings. The van der Waals surface area contributed by atoms with Crippen molar-refractivity contribution in [2.75, 3.05) is 26.2 Å². The van der Waals surface area contributed by atoms with E-state index in [1.807, 2.05) is 4.90 Å². The number of carbonyl (C=O) groups is 1. The minimum Gasteiger partial charge on any atom is -0.338 e. The minimum absolute atomic E-state index is 0.201. The topological polar surface area (TPSA) is 49.6 Å². The smallest absolute Gasteiger partial charge is 0.239 e. The van der Waals surface area contributed by atoms with E-state index in [-0.39, 0.29) is 11.9 Å². The van der Waals surface area contributed by atoms with Crippen LogP contribution in [-0.2, 0) is 4.79 Å². The standard InChI is InChI=1S/C14H25N3O/c15-13(9-11-4-5-11)14(18)17-8-7-16-6-2-1-3-12(16)10-17/h11-13H,1-10,15H2. The summed E-state index contributed by atoms with van der Waals surface area (Å²) in [5.74, 6) is 0.937. The highest BCUT2D eigenvalue weighted by Crippen LogP contribution is 2.33. The van der Waals surface area contributed by atoms with Crippen LogP contribution in [0.25, 0.3) is 0 Å². The number of piperazine rings is 1. The normalized spacial score (nSPS) is 30.9. The zero-order chi connectivity index (χ0) is 12.5. The van der Waals surface area contributed by atoms with E-state index in [4.69, 9.17) is 5.73 Å². The van der Waals surface area contributed by atoms with E-state index in [1.165, 1.54) is 38.6 Å². The Labute approximate surface area is 109 Å². The molecule has 1 saturated carbocycles. The number of fused-ring (bicyclic) bond motifs is 1. The predicted molar refractivity (Wildman–Crippen MR) is 71.1 cm³/mol. The first-order valence-electron chi connectivity index (χ1n) is 7.52. The van der Waals surface area contributed by atoms with Gasteiger partial charge in [0.2, 0.25) is 5.91 Å². The highest BCUT2D eigenvalue weighted by Gasteiger charge is 2.34. The van der Waals surface area contributed by atoms with Crippen LogP contribution in [0.1, 0.15) is 38.5 Å². The predicted octanol–water partition coefficient (Wildman–Crippen LogP) is 0.810. The fourth-order valence-corrected chi connectivity index (χ4v) is 3.40. The Bertz CT molecular complexity index is 316. The van der Waals surface area contributed by atoms with E-state index in [1.54, 1.807) is 0 Å². The van der Waals surface area contributed by atoms with Crippen LogP contribution in [0.4, 0.5) is 0 Å². The van der Waals surface area contributed by atoms with Crippen LogP contribution in [-0.4, -0.2) is 54.0 Å². The number of nitrogens with two attached hydrogens (primary N) is 1. The molecule has 2 saturated heterocycles. The van der Waals surface area contributed by atoms with Gasteiger partial charge in [0, 0.05) is 25.7 Å². The molecule has 1 amide bonds. The molecule has 18 heavy (non-hydrogen) atoms. The van der Waals surface area contributed by atoms with Gasteiger partial charge in [0.25, 0.3) is 0 Å². The summed E-state index contributed by atoms with van der Waals surface area (Å²) in [7, 11) is 0. The fourth-order valence-electron chi connectivity index (χ4n) is 3.40. The summed E-state index contributed by atoms with van der Waals surface area (Å²) in [6.45, 7) is 4.07. The molecule has 4 nitrogen and oxygen atoms in total. The Hall–Kier alpha value is -0.610. The van der Waals surface area contributed by atoms with Crippen LogP contribution >= 0.6 is 0 Å². The molecule has 102 valence electrons. The zero-order valence-corrected chi connectivity index (χ0v) is 11.2. The lowest BCUT2D eigenvalue weighted by molar-refractivity contribution is -0.136. The van der Waals surface area contributed by atoms with Gasteiger partial charge in [-0.2, -0.15) is 0 Å². The van der Waals surface area contributed by atoms with Gasteiger partial charge >= 0.3 is 0 Å². The molecule has 2 atom stereocenters. The van der Waals surface area contributed by atoms with E-state index in [0.717, 1.165) is 32.0 Å². The molecule has 3 aliphatic rings. The zero-order valence-electron chi connectivity index (χ0n) is 11.2. The summed E-state index contributed by atoms with van der Waals surface area (Å²) >= 11 is 0. The van der Waals surface area contributed by atoms with Crippen LogP contribution in [0.5, 0.6) is 0 Å². The average molecular weight is 251 g/mol. The van der Waals surface area contributed by atoms with Crippen molar-refractivity contribution in [3.8, 4) is 0 Å². The molecule has 0 aromatic rings. The van der Waals surface area contributed by atoms with Crippen molar-refractivity contribution in [2.45, 2.75) is 50.6 Å². The van der Waals surface area contributed by atoms with Crippen molar-refractivity contribution < 1.29 is 4.79 Å². The van der Waals surface area contributed by atoms with E-state index in [2.05, 4.69) is 4.90 Å².